The Balaban J connectivity index is 2.27. The molecule has 112 valence electrons. The molecule has 0 aliphatic heterocycles. The molecule has 0 bridgehead atoms. The van der Waals surface area contributed by atoms with Gasteiger partial charge in [-0.05, 0) is 43.0 Å². The number of benzene rings is 1. The largest absolute Gasteiger partial charge is 0.392 e. The van der Waals surface area contributed by atoms with E-state index in [-0.39, 0.29) is 6.42 Å². The molecule has 1 aliphatic carbocycles. The monoisotopic (exact) mass is 290 g/mol. The lowest BCUT2D eigenvalue weighted by Crippen LogP contribution is -2.36. The summed E-state index contributed by atoms with van der Waals surface area (Å²) in [6.45, 7) is 1.60. The minimum atomic E-state index is -4.29. The van der Waals surface area contributed by atoms with Gasteiger partial charge in [-0.25, -0.2) is 4.39 Å². The maximum Gasteiger partial charge on any atom is 0.392 e. The van der Waals surface area contributed by atoms with Crippen LogP contribution >= 0.6 is 0 Å². The van der Waals surface area contributed by atoms with Gasteiger partial charge in [-0.1, -0.05) is 18.9 Å². The van der Waals surface area contributed by atoms with E-state index in [1.807, 2.05) is 0 Å². The van der Waals surface area contributed by atoms with Gasteiger partial charge in [0.25, 0.3) is 0 Å². The number of alkyl halides is 3. The maximum atomic E-state index is 13.1. The highest BCUT2D eigenvalue weighted by atomic mass is 19.4. The second kappa shape index (κ2) is 5.72. The zero-order valence-corrected chi connectivity index (χ0v) is 11.3. The van der Waals surface area contributed by atoms with Gasteiger partial charge in [-0.15, -0.1) is 0 Å². The summed E-state index contributed by atoms with van der Waals surface area (Å²) >= 11 is 0. The van der Waals surface area contributed by atoms with Crippen LogP contribution in [0, 0.1) is 24.6 Å². The summed E-state index contributed by atoms with van der Waals surface area (Å²) in [6, 6.07) is 3.80. The topological polar surface area (TPSA) is 20.2 Å². The van der Waals surface area contributed by atoms with Gasteiger partial charge >= 0.3 is 6.18 Å². The van der Waals surface area contributed by atoms with Gasteiger partial charge in [0.1, 0.15) is 5.82 Å². The number of aliphatic hydroxyl groups is 1. The van der Waals surface area contributed by atoms with E-state index >= 15 is 0 Å². The van der Waals surface area contributed by atoms with Crippen LogP contribution in [-0.4, -0.2) is 11.3 Å². The Morgan fingerprint density at radius 3 is 2.45 bits per heavy atom. The molecule has 1 aliphatic rings. The molecule has 3 unspecified atom stereocenters. The molecule has 0 heterocycles. The molecule has 1 aromatic carbocycles. The number of rotatable bonds is 2. The van der Waals surface area contributed by atoms with E-state index in [0.29, 0.717) is 30.4 Å². The zero-order chi connectivity index (χ0) is 14.9. The smallest absolute Gasteiger partial charge is 0.388 e. The highest BCUT2D eigenvalue weighted by molar-refractivity contribution is 5.29. The zero-order valence-electron chi connectivity index (χ0n) is 11.3. The minimum absolute atomic E-state index is 0.0610. The Labute approximate surface area is 115 Å². The molecule has 3 atom stereocenters. The van der Waals surface area contributed by atoms with Gasteiger partial charge in [0.2, 0.25) is 0 Å². The fourth-order valence-electron chi connectivity index (χ4n) is 3.15. The summed E-state index contributed by atoms with van der Waals surface area (Å²) in [7, 11) is 0. The molecule has 1 aromatic rings. The van der Waals surface area contributed by atoms with Crippen molar-refractivity contribution in [3.05, 3.63) is 35.1 Å². The highest BCUT2D eigenvalue weighted by Gasteiger charge is 2.48. The van der Waals surface area contributed by atoms with Crippen LogP contribution in [0.1, 0.15) is 42.9 Å². The van der Waals surface area contributed by atoms with Crippen molar-refractivity contribution in [2.24, 2.45) is 11.8 Å². The molecule has 1 N–H and O–H groups in total. The number of aryl methyl sites for hydroxylation is 1. The average Bonchev–Trinajstić information content (AvgIpc) is 2.37. The van der Waals surface area contributed by atoms with Crippen molar-refractivity contribution in [2.75, 3.05) is 0 Å². The summed E-state index contributed by atoms with van der Waals surface area (Å²) in [5.74, 6) is -2.77. The number of halogens is 4. The van der Waals surface area contributed by atoms with Crippen LogP contribution in [0.5, 0.6) is 0 Å². The molecule has 0 radical (unpaired) electrons. The average molecular weight is 290 g/mol. The fraction of sp³-hybridized carbons (Fsp3) is 0.600. The third-order valence-electron chi connectivity index (χ3n) is 4.20. The van der Waals surface area contributed by atoms with E-state index in [0.717, 1.165) is 0 Å². The van der Waals surface area contributed by atoms with Crippen molar-refractivity contribution in [3.8, 4) is 0 Å². The number of aliphatic hydroxyl groups excluding tert-OH is 1. The standard InChI is InChI=1S/C15H18F4O/c1-9-8-10(16)6-7-11(9)14(20)12-4-2-3-5-13(12)15(17,18)19/h6-8,12-14,20H,2-5H2,1H3. The lowest BCUT2D eigenvalue weighted by atomic mass is 9.73. The predicted octanol–water partition coefficient (Wildman–Crippen LogP) is 4.54. The van der Waals surface area contributed by atoms with Crippen molar-refractivity contribution in [2.45, 2.75) is 44.9 Å². The van der Waals surface area contributed by atoms with Crippen LogP contribution in [0.25, 0.3) is 0 Å². The van der Waals surface area contributed by atoms with Crippen LogP contribution in [0.15, 0.2) is 18.2 Å². The molecule has 1 fully saturated rings. The van der Waals surface area contributed by atoms with Crippen molar-refractivity contribution in [3.63, 3.8) is 0 Å². The summed E-state index contributed by atoms with van der Waals surface area (Å²) in [6.07, 6.45) is -3.85. The Hall–Kier alpha value is -1.10. The third kappa shape index (κ3) is 3.14. The first kappa shape index (κ1) is 15.3. The minimum Gasteiger partial charge on any atom is -0.388 e. The van der Waals surface area contributed by atoms with Crippen molar-refractivity contribution in [1.82, 2.24) is 0 Å². The molecule has 0 saturated heterocycles. The van der Waals surface area contributed by atoms with E-state index in [1.54, 1.807) is 6.92 Å². The maximum absolute atomic E-state index is 13.1. The molecule has 0 amide bonds. The Morgan fingerprint density at radius 1 is 1.20 bits per heavy atom. The molecule has 2 rings (SSSR count). The Morgan fingerprint density at radius 2 is 1.85 bits per heavy atom. The van der Waals surface area contributed by atoms with E-state index in [9.17, 15) is 22.7 Å². The second-order valence-corrected chi connectivity index (χ2v) is 5.54. The van der Waals surface area contributed by atoms with Gasteiger partial charge in [0.05, 0.1) is 12.0 Å². The number of hydrogen-bond donors (Lipinski definition) is 1. The molecule has 1 nitrogen and oxygen atoms in total. The van der Waals surface area contributed by atoms with Crippen molar-refractivity contribution >= 4 is 0 Å². The van der Waals surface area contributed by atoms with E-state index in [1.165, 1.54) is 18.2 Å². The first-order valence-corrected chi connectivity index (χ1v) is 6.81. The Bertz CT molecular complexity index is 469. The van der Waals surface area contributed by atoms with E-state index in [2.05, 4.69) is 0 Å². The number of hydrogen-bond acceptors (Lipinski definition) is 1. The first-order valence-electron chi connectivity index (χ1n) is 6.81. The third-order valence-corrected chi connectivity index (χ3v) is 4.20. The van der Waals surface area contributed by atoms with Crippen LogP contribution in [0.4, 0.5) is 17.6 Å². The molecular formula is C15H18F4O. The molecular weight excluding hydrogens is 272 g/mol. The normalized spacial score (nSPS) is 25.5. The summed E-state index contributed by atoms with van der Waals surface area (Å²) in [5, 5.41) is 10.3. The van der Waals surface area contributed by atoms with E-state index in [4.69, 9.17) is 0 Å². The van der Waals surface area contributed by atoms with Gasteiger partial charge in [-0.3, -0.25) is 0 Å². The van der Waals surface area contributed by atoms with E-state index < -0.39 is 29.9 Å². The summed E-state index contributed by atoms with van der Waals surface area (Å²) in [4.78, 5) is 0. The van der Waals surface area contributed by atoms with Gasteiger partial charge in [0, 0.05) is 5.92 Å². The van der Waals surface area contributed by atoms with Crippen LogP contribution in [-0.2, 0) is 0 Å². The van der Waals surface area contributed by atoms with Crippen LogP contribution in [0.3, 0.4) is 0 Å². The second-order valence-electron chi connectivity index (χ2n) is 5.54. The van der Waals surface area contributed by atoms with Gasteiger partial charge in [0.15, 0.2) is 0 Å². The SMILES string of the molecule is Cc1cc(F)ccc1C(O)C1CCCCC1C(F)(F)F. The summed E-state index contributed by atoms with van der Waals surface area (Å²) < 4.78 is 52.2. The van der Waals surface area contributed by atoms with Crippen molar-refractivity contribution in [1.29, 1.82) is 0 Å². The fourth-order valence-corrected chi connectivity index (χ4v) is 3.15. The lowest BCUT2D eigenvalue weighted by Gasteiger charge is -2.36. The lowest BCUT2D eigenvalue weighted by molar-refractivity contribution is -0.207. The molecule has 5 heteroatoms. The predicted molar refractivity (Wildman–Crippen MR) is 67.6 cm³/mol. The van der Waals surface area contributed by atoms with Gasteiger partial charge in [-0.2, -0.15) is 13.2 Å². The quantitative estimate of drug-likeness (QED) is 0.793. The molecule has 0 aromatic heterocycles. The van der Waals surface area contributed by atoms with Crippen molar-refractivity contribution < 1.29 is 22.7 Å². The Kier molecular flexibility index (Phi) is 4.37. The van der Waals surface area contributed by atoms with Crippen LogP contribution in [0.2, 0.25) is 0 Å². The molecule has 0 spiro atoms. The molecule has 1 saturated carbocycles. The first-order chi connectivity index (χ1) is 9.30. The van der Waals surface area contributed by atoms with Gasteiger partial charge < -0.3 is 5.11 Å². The van der Waals surface area contributed by atoms with Crippen LogP contribution < -0.4 is 0 Å². The summed E-state index contributed by atoms with van der Waals surface area (Å²) in [5.41, 5.74) is 0.886. The highest BCUT2D eigenvalue weighted by Crippen LogP contribution is 2.46. The molecule has 20 heavy (non-hydrogen) atoms.